The SMILES string of the molecule is O=C(CSc1nc2c(cnn2-c2ccc([N+](=O)[O-])cc2)c(=O)[nH]1)c1ccccc1. The smallest absolute Gasteiger partial charge is 0.269 e. The Balaban J connectivity index is 1.63. The first kappa shape index (κ1) is 18.6. The predicted octanol–water partition coefficient (Wildman–Crippen LogP) is 2.99. The van der Waals surface area contributed by atoms with E-state index in [1.807, 2.05) is 6.07 Å². The molecule has 9 nitrogen and oxygen atoms in total. The van der Waals surface area contributed by atoms with Crippen molar-refractivity contribution in [2.45, 2.75) is 5.16 Å². The Hall–Kier alpha value is -3.79. The molecular weight excluding hydrogens is 394 g/mol. The number of Topliss-reactive ketones (excluding diaryl/α,β-unsaturated/α-hetero) is 1. The van der Waals surface area contributed by atoms with E-state index in [1.165, 1.54) is 35.1 Å². The molecule has 4 aromatic rings. The van der Waals surface area contributed by atoms with Crippen molar-refractivity contribution in [2.24, 2.45) is 0 Å². The van der Waals surface area contributed by atoms with Crippen LogP contribution in [0.15, 0.2) is 70.7 Å². The molecule has 0 aliphatic rings. The maximum Gasteiger partial charge on any atom is 0.269 e. The van der Waals surface area contributed by atoms with Gasteiger partial charge in [-0.15, -0.1) is 0 Å². The van der Waals surface area contributed by atoms with Crippen LogP contribution < -0.4 is 5.56 Å². The second-order valence-corrected chi connectivity index (χ2v) is 6.98. The number of hydrogen-bond donors (Lipinski definition) is 1. The summed E-state index contributed by atoms with van der Waals surface area (Å²) in [7, 11) is 0. The number of H-pyrrole nitrogens is 1. The summed E-state index contributed by atoms with van der Waals surface area (Å²) in [6.45, 7) is 0. The fourth-order valence-electron chi connectivity index (χ4n) is 2.71. The van der Waals surface area contributed by atoms with E-state index in [2.05, 4.69) is 15.1 Å². The van der Waals surface area contributed by atoms with Crippen LogP contribution in [-0.2, 0) is 0 Å². The first-order valence-electron chi connectivity index (χ1n) is 8.47. The molecule has 0 amide bonds. The van der Waals surface area contributed by atoms with Gasteiger partial charge in [0.1, 0.15) is 5.39 Å². The molecule has 0 saturated carbocycles. The monoisotopic (exact) mass is 407 g/mol. The molecule has 144 valence electrons. The van der Waals surface area contributed by atoms with Gasteiger partial charge in [0.05, 0.1) is 22.6 Å². The Kier molecular flexibility index (Phi) is 4.92. The van der Waals surface area contributed by atoms with Gasteiger partial charge in [-0.3, -0.25) is 19.7 Å². The van der Waals surface area contributed by atoms with Crippen LogP contribution in [0.25, 0.3) is 16.7 Å². The molecule has 0 saturated heterocycles. The molecule has 0 spiro atoms. The highest BCUT2D eigenvalue weighted by molar-refractivity contribution is 7.99. The molecule has 2 aromatic heterocycles. The molecule has 0 fully saturated rings. The summed E-state index contributed by atoms with van der Waals surface area (Å²) >= 11 is 1.12. The number of aromatic amines is 1. The zero-order valence-corrected chi connectivity index (χ0v) is 15.6. The summed E-state index contributed by atoms with van der Waals surface area (Å²) in [6.07, 6.45) is 1.38. The fraction of sp³-hybridized carbons (Fsp3) is 0.0526. The van der Waals surface area contributed by atoms with E-state index in [1.54, 1.807) is 24.3 Å². The number of nitro groups is 1. The Bertz CT molecular complexity index is 1270. The van der Waals surface area contributed by atoms with Crippen LogP contribution in [0.1, 0.15) is 10.4 Å². The summed E-state index contributed by atoms with van der Waals surface area (Å²) in [5, 5.41) is 15.6. The third-order valence-electron chi connectivity index (χ3n) is 4.16. The molecule has 0 unspecified atom stereocenters. The van der Waals surface area contributed by atoms with Crippen molar-refractivity contribution < 1.29 is 9.72 Å². The van der Waals surface area contributed by atoms with Crippen molar-refractivity contribution in [1.82, 2.24) is 19.7 Å². The summed E-state index contributed by atoms with van der Waals surface area (Å²) in [5.41, 5.74) is 0.987. The molecule has 0 aliphatic carbocycles. The second kappa shape index (κ2) is 7.68. The lowest BCUT2D eigenvalue weighted by atomic mass is 10.2. The number of fused-ring (bicyclic) bond motifs is 1. The number of aromatic nitrogens is 4. The fourth-order valence-corrected chi connectivity index (χ4v) is 3.46. The molecule has 2 heterocycles. The van der Waals surface area contributed by atoms with Crippen molar-refractivity contribution in [3.8, 4) is 5.69 Å². The van der Waals surface area contributed by atoms with Crippen LogP contribution in [0.5, 0.6) is 0 Å². The highest BCUT2D eigenvalue weighted by Crippen LogP contribution is 2.20. The lowest BCUT2D eigenvalue weighted by Gasteiger charge is -2.04. The molecule has 29 heavy (non-hydrogen) atoms. The van der Waals surface area contributed by atoms with E-state index < -0.39 is 4.92 Å². The van der Waals surface area contributed by atoms with Crippen LogP contribution in [-0.4, -0.2) is 36.2 Å². The average molecular weight is 407 g/mol. The number of thioether (sulfide) groups is 1. The van der Waals surface area contributed by atoms with Gasteiger partial charge in [0.25, 0.3) is 11.2 Å². The van der Waals surface area contributed by atoms with Crippen molar-refractivity contribution in [3.63, 3.8) is 0 Å². The number of ketones is 1. The predicted molar refractivity (Wildman–Crippen MR) is 108 cm³/mol. The van der Waals surface area contributed by atoms with Crippen molar-refractivity contribution in [2.75, 3.05) is 5.75 Å². The van der Waals surface area contributed by atoms with Crippen molar-refractivity contribution in [1.29, 1.82) is 0 Å². The minimum Gasteiger partial charge on any atom is -0.301 e. The van der Waals surface area contributed by atoms with Crippen LogP contribution in [0.2, 0.25) is 0 Å². The number of carbonyl (C=O) groups is 1. The lowest BCUT2D eigenvalue weighted by Crippen LogP contribution is -2.11. The minimum atomic E-state index is -0.494. The van der Waals surface area contributed by atoms with Gasteiger partial charge in [0.2, 0.25) is 0 Å². The number of rotatable bonds is 6. The molecule has 1 N–H and O–H groups in total. The van der Waals surface area contributed by atoms with Crippen molar-refractivity contribution >= 4 is 34.3 Å². The standard InChI is InChI=1S/C19H13N5O4S/c25-16(12-4-2-1-3-5-12)11-29-19-21-17-15(18(26)22-19)10-20-23(17)13-6-8-14(9-7-13)24(27)28/h1-10H,11H2,(H,21,22,26). The van der Waals surface area contributed by atoms with Gasteiger partial charge in [-0.05, 0) is 12.1 Å². The third kappa shape index (κ3) is 3.78. The van der Waals surface area contributed by atoms with E-state index in [4.69, 9.17) is 0 Å². The van der Waals surface area contributed by atoms with E-state index in [0.717, 1.165) is 11.8 Å². The molecule has 4 rings (SSSR count). The normalized spacial score (nSPS) is 10.9. The van der Waals surface area contributed by atoms with Crippen molar-refractivity contribution in [3.05, 3.63) is 86.8 Å². The zero-order valence-electron chi connectivity index (χ0n) is 14.8. The van der Waals surface area contributed by atoms with Crippen LogP contribution >= 0.6 is 11.8 Å². The molecule has 0 radical (unpaired) electrons. The molecular formula is C19H13N5O4S. The number of benzene rings is 2. The van der Waals surface area contributed by atoms with E-state index in [0.29, 0.717) is 16.9 Å². The Morgan fingerprint density at radius 1 is 1.14 bits per heavy atom. The molecule has 0 bridgehead atoms. The second-order valence-electron chi connectivity index (χ2n) is 6.02. The number of hydrogen-bond acceptors (Lipinski definition) is 7. The largest absolute Gasteiger partial charge is 0.301 e. The zero-order chi connectivity index (χ0) is 20.4. The van der Waals surface area contributed by atoms with E-state index >= 15 is 0 Å². The maximum absolute atomic E-state index is 12.4. The Morgan fingerprint density at radius 2 is 1.86 bits per heavy atom. The maximum atomic E-state index is 12.4. The lowest BCUT2D eigenvalue weighted by molar-refractivity contribution is -0.384. The third-order valence-corrected chi connectivity index (χ3v) is 5.03. The van der Waals surface area contributed by atoms with Gasteiger partial charge in [0, 0.05) is 17.7 Å². The van der Waals surface area contributed by atoms with Gasteiger partial charge in [-0.1, -0.05) is 42.1 Å². The topological polar surface area (TPSA) is 124 Å². The van der Waals surface area contributed by atoms with Gasteiger partial charge in [-0.25, -0.2) is 9.67 Å². The number of non-ortho nitro benzene ring substituents is 1. The highest BCUT2D eigenvalue weighted by Gasteiger charge is 2.14. The summed E-state index contributed by atoms with van der Waals surface area (Å²) < 4.78 is 1.43. The van der Waals surface area contributed by atoms with Crippen LogP contribution in [0.3, 0.4) is 0 Å². The number of nitrogens with zero attached hydrogens (tertiary/aromatic N) is 4. The van der Waals surface area contributed by atoms with Gasteiger partial charge in [0.15, 0.2) is 16.6 Å². The summed E-state index contributed by atoms with van der Waals surface area (Å²) in [6, 6.07) is 14.6. The van der Waals surface area contributed by atoms with Gasteiger partial charge < -0.3 is 4.98 Å². The minimum absolute atomic E-state index is 0.0494. The van der Waals surface area contributed by atoms with Crippen LogP contribution in [0.4, 0.5) is 5.69 Å². The summed E-state index contributed by atoms with van der Waals surface area (Å²) in [4.78, 5) is 42.0. The quantitative estimate of drug-likeness (QED) is 0.171. The molecule has 0 atom stereocenters. The average Bonchev–Trinajstić information content (AvgIpc) is 3.17. The first-order chi connectivity index (χ1) is 14.0. The Morgan fingerprint density at radius 3 is 2.55 bits per heavy atom. The number of carbonyl (C=O) groups excluding carboxylic acids is 1. The number of nitrogens with one attached hydrogen (secondary N) is 1. The highest BCUT2D eigenvalue weighted by atomic mass is 32.2. The molecule has 2 aromatic carbocycles. The molecule has 10 heteroatoms. The Labute approximate surface area is 167 Å². The molecule has 0 aliphatic heterocycles. The van der Waals surface area contributed by atoms with E-state index in [9.17, 15) is 19.7 Å². The summed E-state index contributed by atoms with van der Waals surface area (Å²) in [5.74, 6) is 0.0339. The first-order valence-corrected chi connectivity index (χ1v) is 9.45. The van der Waals surface area contributed by atoms with E-state index in [-0.39, 0.29) is 33.3 Å². The number of nitro benzene ring substituents is 1. The van der Waals surface area contributed by atoms with Gasteiger partial charge in [-0.2, -0.15) is 5.10 Å². The van der Waals surface area contributed by atoms with Crippen LogP contribution in [0, 0.1) is 10.1 Å². The van der Waals surface area contributed by atoms with Gasteiger partial charge >= 0.3 is 0 Å².